The Morgan fingerprint density at radius 1 is 1.26 bits per heavy atom. The Morgan fingerprint density at radius 3 is 2.84 bits per heavy atom. The first-order valence-electron chi connectivity index (χ1n) is 11.1. The summed E-state index contributed by atoms with van der Waals surface area (Å²) >= 11 is 0. The van der Waals surface area contributed by atoms with Gasteiger partial charge in [-0.3, -0.25) is 4.99 Å². The second kappa shape index (κ2) is 14.4. The van der Waals surface area contributed by atoms with Crippen LogP contribution in [-0.4, -0.2) is 61.3 Å². The van der Waals surface area contributed by atoms with Crippen molar-refractivity contribution in [3.63, 3.8) is 0 Å². The van der Waals surface area contributed by atoms with E-state index >= 15 is 0 Å². The molecule has 1 aromatic carbocycles. The van der Waals surface area contributed by atoms with E-state index < -0.39 is 0 Å². The third kappa shape index (κ3) is 8.78. The van der Waals surface area contributed by atoms with Gasteiger partial charge in [-0.05, 0) is 57.2 Å². The quantitative estimate of drug-likeness (QED) is 0.197. The lowest BCUT2D eigenvalue weighted by Crippen LogP contribution is -2.38. The zero-order valence-electron chi connectivity index (χ0n) is 18.7. The van der Waals surface area contributed by atoms with Crippen molar-refractivity contribution in [1.82, 2.24) is 20.4 Å². The van der Waals surface area contributed by atoms with Crippen molar-refractivity contribution in [2.45, 2.75) is 45.6 Å². The van der Waals surface area contributed by atoms with E-state index in [-0.39, 0.29) is 30.1 Å². The minimum absolute atomic E-state index is 0. The van der Waals surface area contributed by atoms with Crippen molar-refractivity contribution >= 4 is 29.9 Å². The second-order valence-corrected chi connectivity index (χ2v) is 7.52. The molecule has 0 aliphatic carbocycles. The normalized spacial score (nSPS) is 16.2. The molecule has 2 aromatic rings. The fraction of sp³-hybridized carbons (Fsp3) is 0.565. The fourth-order valence-electron chi connectivity index (χ4n) is 3.43. The topological polar surface area (TPSA) is 72.7 Å². The second-order valence-electron chi connectivity index (χ2n) is 7.52. The van der Waals surface area contributed by atoms with Crippen molar-refractivity contribution in [1.29, 1.82) is 0 Å². The number of aromatic nitrogens is 2. The van der Waals surface area contributed by atoms with Gasteiger partial charge in [0.1, 0.15) is 0 Å². The van der Waals surface area contributed by atoms with E-state index in [1.54, 1.807) is 0 Å². The highest BCUT2D eigenvalue weighted by Gasteiger charge is 2.15. The average molecular weight is 541 g/mol. The van der Waals surface area contributed by atoms with Crippen LogP contribution in [0.3, 0.4) is 0 Å². The first-order valence-corrected chi connectivity index (χ1v) is 11.1. The highest BCUT2D eigenvalue weighted by molar-refractivity contribution is 14.0. The molecule has 2 heterocycles. The van der Waals surface area contributed by atoms with E-state index in [1.165, 1.54) is 5.56 Å². The van der Waals surface area contributed by atoms with Crippen LogP contribution in [0.5, 0.6) is 0 Å². The molecule has 1 fully saturated rings. The zero-order chi connectivity index (χ0) is 21.0. The van der Waals surface area contributed by atoms with Crippen LogP contribution >= 0.6 is 24.0 Å². The highest BCUT2D eigenvalue weighted by atomic mass is 127. The van der Waals surface area contributed by atoms with E-state index in [9.17, 15) is 0 Å². The van der Waals surface area contributed by atoms with Gasteiger partial charge in [0, 0.05) is 39.0 Å². The van der Waals surface area contributed by atoms with Crippen LogP contribution in [0, 0.1) is 6.92 Å². The molecule has 0 spiro atoms. The van der Waals surface area contributed by atoms with Gasteiger partial charge in [-0.25, -0.2) is 4.68 Å². The number of hydrogen-bond donors (Lipinski definition) is 2. The summed E-state index contributed by atoms with van der Waals surface area (Å²) < 4.78 is 13.1. The SMILES string of the molecule is CCNC(=NCCCc1cn(-c2ccccc2)nc1C)NCCCOC1CCOC1.I. The molecule has 172 valence electrons. The molecule has 2 N–H and O–H groups in total. The average Bonchev–Trinajstić information content (AvgIpc) is 3.41. The van der Waals surface area contributed by atoms with Crippen LogP contribution in [0.4, 0.5) is 0 Å². The van der Waals surface area contributed by atoms with Gasteiger partial charge in [0.2, 0.25) is 0 Å². The molecule has 0 bridgehead atoms. The summed E-state index contributed by atoms with van der Waals surface area (Å²) in [6, 6.07) is 10.2. The molecule has 0 amide bonds. The van der Waals surface area contributed by atoms with Crippen LogP contribution < -0.4 is 10.6 Å². The number of ether oxygens (including phenoxy) is 2. The van der Waals surface area contributed by atoms with Gasteiger partial charge in [-0.1, -0.05) is 18.2 Å². The Hall–Kier alpha value is -1.65. The molecule has 1 unspecified atom stereocenters. The Balaban J connectivity index is 0.00000341. The third-order valence-electron chi connectivity index (χ3n) is 5.09. The summed E-state index contributed by atoms with van der Waals surface area (Å²) in [6.07, 6.45) is 6.34. The molecular formula is C23H36IN5O2. The Bertz CT molecular complexity index is 776. The first-order chi connectivity index (χ1) is 14.8. The number of benzene rings is 1. The molecule has 8 heteroatoms. The highest BCUT2D eigenvalue weighted by Crippen LogP contribution is 2.13. The monoisotopic (exact) mass is 541 g/mol. The number of hydrogen-bond acceptors (Lipinski definition) is 4. The van der Waals surface area contributed by atoms with E-state index in [4.69, 9.17) is 14.5 Å². The molecule has 0 radical (unpaired) electrons. The number of aliphatic imine (C=N–C) groups is 1. The maximum absolute atomic E-state index is 5.80. The van der Waals surface area contributed by atoms with E-state index in [0.29, 0.717) is 0 Å². The van der Waals surface area contributed by atoms with Gasteiger partial charge < -0.3 is 20.1 Å². The molecular weight excluding hydrogens is 505 g/mol. The Kier molecular flexibility index (Phi) is 11.9. The van der Waals surface area contributed by atoms with Crippen LogP contribution in [0.1, 0.15) is 37.4 Å². The summed E-state index contributed by atoms with van der Waals surface area (Å²) in [5, 5.41) is 11.4. The van der Waals surface area contributed by atoms with Crippen molar-refractivity contribution in [3.05, 3.63) is 47.8 Å². The summed E-state index contributed by atoms with van der Waals surface area (Å²) in [4.78, 5) is 4.70. The number of para-hydroxylation sites is 1. The first kappa shape index (κ1) is 25.6. The summed E-state index contributed by atoms with van der Waals surface area (Å²) in [5.41, 5.74) is 3.45. The van der Waals surface area contributed by atoms with Gasteiger partial charge >= 0.3 is 0 Å². The molecule has 1 aliphatic rings. The Labute approximate surface area is 203 Å². The summed E-state index contributed by atoms with van der Waals surface area (Å²) in [7, 11) is 0. The molecule has 1 saturated heterocycles. The van der Waals surface area contributed by atoms with Gasteiger partial charge in [-0.2, -0.15) is 5.10 Å². The summed E-state index contributed by atoms with van der Waals surface area (Å²) in [6.45, 7) is 8.96. The van der Waals surface area contributed by atoms with E-state index in [0.717, 1.165) is 82.5 Å². The van der Waals surface area contributed by atoms with E-state index in [2.05, 4.69) is 47.9 Å². The van der Waals surface area contributed by atoms with Crippen molar-refractivity contribution in [3.8, 4) is 5.69 Å². The van der Waals surface area contributed by atoms with Crippen LogP contribution in [-0.2, 0) is 15.9 Å². The lowest BCUT2D eigenvalue weighted by atomic mass is 10.1. The van der Waals surface area contributed by atoms with E-state index in [1.807, 2.05) is 22.9 Å². The minimum atomic E-state index is 0. The number of nitrogens with zero attached hydrogens (tertiary/aromatic N) is 3. The van der Waals surface area contributed by atoms with Gasteiger partial charge in [0.15, 0.2) is 5.96 Å². The molecule has 1 aromatic heterocycles. The van der Waals surface area contributed by atoms with Crippen molar-refractivity contribution < 1.29 is 9.47 Å². The Morgan fingerprint density at radius 2 is 2.10 bits per heavy atom. The summed E-state index contributed by atoms with van der Waals surface area (Å²) in [5.74, 6) is 0.874. The van der Waals surface area contributed by atoms with Crippen molar-refractivity contribution in [2.24, 2.45) is 4.99 Å². The largest absolute Gasteiger partial charge is 0.379 e. The van der Waals surface area contributed by atoms with Crippen LogP contribution in [0.25, 0.3) is 5.69 Å². The zero-order valence-corrected chi connectivity index (χ0v) is 21.0. The maximum Gasteiger partial charge on any atom is 0.191 e. The smallest absolute Gasteiger partial charge is 0.191 e. The predicted molar refractivity (Wildman–Crippen MR) is 136 cm³/mol. The fourth-order valence-corrected chi connectivity index (χ4v) is 3.43. The van der Waals surface area contributed by atoms with Crippen molar-refractivity contribution in [2.75, 3.05) is 39.5 Å². The molecule has 1 atom stereocenters. The lowest BCUT2D eigenvalue weighted by molar-refractivity contribution is 0.0420. The molecule has 31 heavy (non-hydrogen) atoms. The van der Waals surface area contributed by atoms with Gasteiger partial charge in [-0.15, -0.1) is 24.0 Å². The third-order valence-corrected chi connectivity index (χ3v) is 5.09. The molecule has 7 nitrogen and oxygen atoms in total. The standard InChI is InChI=1S/C23H35N5O2.HI/c1-3-24-23(26-14-8-15-30-22-12-16-29-18-22)25-13-7-9-20-17-28(27-19(20)2)21-10-5-4-6-11-21;/h4-6,10-11,17,22H,3,7-9,12-16,18H2,1-2H3,(H2,24,25,26);1H. The molecule has 3 rings (SSSR count). The van der Waals surface area contributed by atoms with Gasteiger partial charge in [0.05, 0.1) is 24.1 Å². The lowest BCUT2D eigenvalue weighted by Gasteiger charge is -2.13. The number of aryl methyl sites for hydroxylation is 2. The number of guanidine groups is 1. The van der Waals surface area contributed by atoms with Crippen LogP contribution in [0.2, 0.25) is 0 Å². The van der Waals surface area contributed by atoms with Gasteiger partial charge in [0.25, 0.3) is 0 Å². The van der Waals surface area contributed by atoms with Crippen LogP contribution in [0.15, 0.2) is 41.5 Å². The minimum Gasteiger partial charge on any atom is -0.379 e. The predicted octanol–water partition coefficient (Wildman–Crippen LogP) is 3.48. The molecule has 0 saturated carbocycles. The maximum atomic E-state index is 5.80. The molecule has 1 aliphatic heterocycles. The number of halogens is 1. The number of nitrogens with one attached hydrogen (secondary N) is 2. The number of rotatable bonds is 11.